The van der Waals surface area contributed by atoms with Crippen molar-refractivity contribution < 1.29 is 0 Å². The highest BCUT2D eigenvalue weighted by Gasteiger charge is 2.29. The zero-order valence-corrected chi connectivity index (χ0v) is 13.3. The lowest BCUT2D eigenvalue weighted by atomic mass is 9.85. The summed E-state index contributed by atoms with van der Waals surface area (Å²) in [6.45, 7) is 2.26. The monoisotopic (exact) mass is 292 g/mol. The summed E-state index contributed by atoms with van der Waals surface area (Å²) in [6.07, 6.45) is 3.49. The summed E-state index contributed by atoms with van der Waals surface area (Å²) in [7, 11) is 2.27. The minimum absolute atomic E-state index is 0.476. The molecule has 0 unspecified atom stereocenters. The van der Waals surface area contributed by atoms with E-state index < -0.39 is 0 Å². The second kappa shape index (κ2) is 5.86. The first kappa shape index (κ1) is 14.0. The van der Waals surface area contributed by atoms with E-state index in [1.54, 1.807) is 0 Å². The van der Waals surface area contributed by atoms with E-state index in [0.29, 0.717) is 12.1 Å². The number of likely N-dealkylation sites (N-methyl/N-ethyl adjacent to an activating group) is 1. The third-order valence-corrected chi connectivity index (χ3v) is 5.35. The average molecular weight is 292 g/mol. The Kier molecular flexibility index (Phi) is 3.73. The number of nitrogens with one attached hydrogen (secondary N) is 1. The van der Waals surface area contributed by atoms with E-state index in [1.807, 2.05) is 0 Å². The molecular weight excluding hydrogens is 268 g/mol. The van der Waals surface area contributed by atoms with E-state index in [-0.39, 0.29) is 0 Å². The lowest BCUT2D eigenvalue weighted by Crippen LogP contribution is -2.37. The highest BCUT2D eigenvalue weighted by Crippen LogP contribution is 2.37. The summed E-state index contributed by atoms with van der Waals surface area (Å²) < 4.78 is 0. The predicted octanol–water partition coefficient (Wildman–Crippen LogP) is 3.49. The summed E-state index contributed by atoms with van der Waals surface area (Å²) in [5, 5.41) is 3.75. The lowest BCUT2D eigenvalue weighted by Gasteiger charge is -2.38. The highest BCUT2D eigenvalue weighted by atomic mass is 15.1. The Balaban J connectivity index is 1.64. The van der Waals surface area contributed by atoms with Crippen LogP contribution in [-0.2, 0) is 12.8 Å². The molecule has 0 bridgehead atoms. The van der Waals surface area contributed by atoms with Crippen LogP contribution < -0.4 is 5.32 Å². The first-order chi connectivity index (χ1) is 10.8. The van der Waals surface area contributed by atoms with Crippen LogP contribution in [0.4, 0.5) is 0 Å². The molecule has 0 aliphatic carbocycles. The van der Waals surface area contributed by atoms with E-state index in [9.17, 15) is 0 Å². The summed E-state index contributed by atoms with van der Waals surface area (Å²) in [5.74, 6) is 0. The molecule has 0 saturated heterocycles. The Morgan fingerprint density at radius 3 is 2.45 bits per heavy atom. The number of hydrogen-bond acceptors (Lipinski definition) is 2. The molecule has 2 aliphatic heterocycles. The standard InChI is InChI=1S/C20H24N2/c1-22-13-11-16-7-3-5-9-18(16)20(22)14-19-17-8-4-2-6-15(17)10-12-21-19/h2-9,19-21H,10-14H2,1H3/t19-,20-/m0/s1. The van der Waals surface area contributed by atoms with Crippen LogP contribution in [0.25, 0.3) is 0 Å². The van der Waals surface area contributed by atoms with Crippen molar-refractivity contribution >= 4 is 0 Å². The molecule has 2 aliphatic rings. The number of fused-ring (bicyclic) bond motifs is 2. The number of hydrogen-bond donors (Lipinski definition) is 1. The number of benzene rings is 2. The molecule has 0 fully saturated rings. The molecule has 2 nitrogen and oxygen atoms in total. The fourth-order valence-electron chi connectivity index (χ4n) is 4.11. The van der Waals surface area contributed by atoms with Gasteiger partial charge in [0, 0.05) is 18.6 Å². The summed E-state index contributed by atoms with van der Waals surface area (Å²) in [5.41, 5.74) is 6.10. The molecule has 0 radical (unpaired) electrons. The smallest absolute Gasteiger partial charge is 0.0366 e. The van der Waals surface area contributed by atoms with Crippen molar-refractivity contribution in [2.24, 2.45) is 0 Å². The van der Waals surface area contributed by atoms with Crippen LogP contribution in [0.1, 0.15) is 40.8 Å². The lowest BCUT2D eigenvalue weighted by molar-refractivity contribution is 0.200. The van der Waals surface area contributed by atoms with Gasteiger partial charge in [0.2, 0.25) is 0 Å². The molecule has 2 heteroatoms. The van der Waals surface area contributed by atoms with E-state index in [1.165, 1.54) is 28.7 Å². The molecule has 2 aromatic carbocycles. The van der Waals surface area contributed by atoms with Gasteiger partial charge >= 0.3 is 0 Å². The highest BCUT2D eigenvalue weighted by molar-refractivity contribution is 5.35. The predicted molar refractivity (Wildman–Crippen MR) is 91.0 cm³/mol. The Labute approximate surface area is 133 Å². The quantitative estimate of drug-likeness (QED) is 0.911. The van der Waals surface area contributed by atoms with Gasteiger partial charge in [-0.15, -0.1) is 0 Å². The molecule has 0 saturated carbocycles. The minimum atomic E-state index is 0.476. The van der Waals surface area contributed by atoms with Gasteiger partial charge < -0.3 is 5.32 Å². The third kappa shape index (κ3) is 2.47. The van der Waals surface area contributed by atoms with Crippen molar-refractivity contribution in [1.29, 1.82) is 0 Å². The molecule has 0 aromatic heterocycles. The molecular formula is C20H24N2. The Hall–Kier alpha value is -1.64. The van der Waals surface area contributed by atoms with E-state index in [2.05, 4.69) is 65.8 Å². The third-order valence-electron chi connectivity index (χ3n) is 5.35. The van der Waals surface area contributed by atoms with Crippen molar-refractivity contribution in [2.45, 2.75) is 31.3 Å². The average Bonchev–Trinajstić information content (AvgIpc) is 2.58. The number of rotatable bonds is 2. The van der Waals surface area contributed by atoms with Gasteiger partial charge in [-0.2, -0.15) is 0 Å². The molecule has 2 heterocycles. The van der Waals surface area contributed by atoms with Crippen LogP contribution in [-0.4, -0.2) is 25.0 Å². The zero-order valence-electron chi connectivity index (χ0n) is 13.3. The first-order valence-electron chi connectivity index (χ1n) is 8.42. The van der Waals surface area contributed by atoms with Gasteiger partial charge in [-0.25, -0.2) is 0 Å². The van der Waals surface area contributed by atoms with Gasteiger partial charge in [0.15, 0.2) is 0 Å². The summed E-state index contributed by atoms with van der Waals surface area (Å²) >= 11 is 0. The molecule has 0 spiro atoms. The fourth-order valence-corrected chi connectivity index (χ4v) is 4.11. The van der Waals surface area contributed by atoms with Crippen LogP contribution in [0.3, 0.4) is 0 Å². The molecule has 114 valence electrons. The van der Waals surface area contributed by atoms with Crippen molar-refractivity contribution in [1.82, 2.24) is 10.2 Å². The Bertz CT molecular complexity index is 664. The van der Waals surface area contributed by atoms with Gasteiger partial charge in [0.25, 0.3) is 0 Å². The van der Waals surface area contributed by atoms with E-state index in [0.717, 1.165) is 25.9 Å². The molecule has 22 heavy (non-hydrogen) atoms. The maximum absolute atomic E-state index is 3.75. The van der Waals surface area contributed by atoms with E-state index in [4.69, 9.17) is 0 Å². The van der Waals surface area contributed by atoms with Gasteiger partial charge in [-0.05, 0) is 55.1 Å². The molecule has 0 amide bonds. The Morgan fingerprint density at radius 2 is 1.64 bits per heavy atom. The summed E-state index contributed by atoms with van der Waals surface area (Å²) in [6, 6.07) is 18.9. The molecule has 2 atom stereocenters. The normalized spacial score (nSPS) is 24.6. The van der Waals surface area contributed by atoms with Crippen molar-refractivity contribution in [3.63, 3.8) is 0 Å². The van der Waals surface area contributed by atoms with Crippen LogP contribution in [0, 0.1) is 0 Å². The summed E-state index contributed by atoms with van der Waals surface area (Å²) in [4.78, 5) is 2.53. The van der Waals surface area contributed by atoms with Gasteiger partial charge in [-0.3, -0.25) is 4.90 Å². The van der Waals surface area contributed by atoms with Crippen molar-refractivity contribution in [2.75, 3.05) is 20.1 Å². The van der Waals surface area contributed by atoms with Gasteiger partial charge in [0.05, 0.1) is 0 Å². The van der Waals surface area contributed by atoms with Gasteiger partial charge in [-0.1, -0.05) is 48.5 Å². The van der Waals surface area contributed by atoms with E-state index >= 15 is 0 Å². The Morgan fingerprint density at radius 1 is 0.955 bits per heavy atom. The maximum atomic E-state index is 3.75. The fraction of sp³-hybridized carbons (Fsp3) is 0.400. The van der Waals surface area contributed by atoms with Crippen LogP contribution in [0.5, 0.6) is 0 Å². The molecule has 2 aromatic rings. The van der Waals surface area contributed by atoms with Crippen LogP contribution in [0.15, 0.2) is 48.5 Å². The maximum Gasteiger partial charge on any atom is 0.0366 e. The minimum Gasteiger partial charge on any atom is -0.310 e. The van der Waals surface area contributed by atoms with Crippen molar-refractivity contribution in [3.8, 4) is 0 Å². The zero-order chi connectivity index (χ0) is 14.9. The molecule has 4 rings (SSSR count). The second-order valence-corrected chi connectivity index (χ2v) is 6.64. The van der Waals surface area contributed by atoms with Crippen molar-refractivity contribution in [3.05, 3.63) is 70.8 Å². The first-order valence-corrected chi connectivity index (χ1v) is 8.42. The topological polar surface area (TPSA) is 15.3 Å². The molecule has 1 N–H and O–H groups in total. The van der Waals surface area contributed by atoms with Crippen LogP contribution in [0.2, 0.25) is 0 Å². The van der Waals surface area contributed by atoms with Crippen LogP contribution >= 0.6 is 0 Å². The van der Waals surface area contributed by atoms with Gasteiger partial charge in [0.1, 0.15) is 0 Å². The largest absolute Gasteiger partial charge is 0.310 e. The number of nitrogens with zero attached hydrogens (tertiary/aromatic N) is 1. The SMILES string of the molecule is CN1CCc2ccccc2[C@@H]1C[C@@H]1NCCc2ccccc21. The second-order valence-electron chi connectivity index (χ2n) is 6.64.